The SMILES string of the molecule is COCOC(C)c1nn2ccccc2c1-c1ccc(=O)n(C(C)C)n1. The summed E-state index contributed by atoms with van der Waals surface area (Å²) in [5.74, 6) is 0. The normalized spacial score (nSPS) is 12.8. The Morgan fingerprint density at radius 1 is 1.12 bits per heavy atom. The molecule has 0 amide bonds. The molecule has 3 aromatic rings. The first kappa shape index (κ1) is 17.3. The monoisotopic (exact) mass is 342 g/mol. The van der Waals surface area contributed by atoms with Gasteiger partial charge in [-0.1, -0.05) is 6.07 Å². The fraction of sp³-hybridized carbons (Fsp3) is 0.389. The quantitative estimate of drug-likeness (QED) is 0.644. The van der Waals surface area contributed by atoms with Gasteiger partial charge in [0.25, 0.3) is 5.56 Å². The number of hydrogen-bond acceptors (Lipinski definition) is 5. The number of methoxy groups -OCH3 is 1. The van der Waals surface area contributed by atoms with E-state index >= 15 is 0 Å². The van der Waals surface area contributed by atoms with Crippen LogP contribution in [0.3, 0.4) is 0 Å². The van der Waals surface area contributed by atoms with Crippen LogP contribution in [0.4, 0.5) is 0 Å². The minimum atomic E-state index is -0.281. The Morgan fingerprint density at radius 2 is 1.92 bits per heavy atom. The summed E-state index contributed by atoms with van der Waals surface area (Å²) >= 11 is 0. The maximum absolute atomic E-state index is 12.0. The van der Waals surface area contributed by atoms with Crippen molar-refractivity contribution in [2.45, 2.75) is 32.9 Å². The van der Waals surface area contributed by atoms with Crippen molar-refractivity contribution in [1.29, 1.82) is 0 Å². The Hall–Kier alpha value is -2.51. The molecule has 1 unspecified atom stereocenters. The molecule has 0 bridgehead atoms. The molecule has 1 atom stereocenters. The van der Waals surface area contributed by atoms with E-state index in [-0.39, 0.29) is 24.5 Å². The van der Waals surface area contributed by atoms with Gasteiger partial charge in [0.05, 0.1) is 22.8 Å². The molecule has 7 heteroatoms. The van der Waals surface area contributed by atoms with Gasteiger partial charge in [-0.3, -0.25) is 4.79 Å². The Kier molecular flexibility index (Phi) is 4.96. The summed E-state index contributed by atoms with van der Waals surface area (Å²) in [6, 6.07) is 9.08. The van der Waals surface area contributed by atoms with Crippen LogP contribution in [0.15, 0.2) is 41.3 Å². The second-order valence-electron chi connectivity index (χ2n) is 6.10. The van der Waals surface area contributed by atoms with Gasteiger partial charge >= 0.3 is 0 Å². The van der Waals surface area contributed by atoms with Gasteiger partial charge < -0.3 is 9.47 Å². The predicted octanol–water partition coefficient (Wildman–Crippen LogP) is 2.82. The molecule has 0 aliphatic carbocycles. The third-order valence-corrected chi connectivity index (χ3v) is 3.96. The lowest BCUT2D eigenvalue weighted by Gasteiger charge is -2.13. The van der Waals surface area contributed by atoms with Crippen LogP contribution in [-0.2, 0) is 9.47 Å². The highest BCUT2D eigenvalue weighted by Crippen LogP contribution is 2.31. The third kappa shape index (κ3) is 3.33. The minimum Gasteiger partial charge on any atom is -0.359 e. The molecule has 0 N–H and O–H groups in total. The van der Waals surface area contributed by atoms with E-state index in [9.17, 15) is 4.79 Å². The molecule has 0 fully saturated rings. The van der Waals surface area contributed by atoms with E-state index in [0.29, 0.717) is 5.69 Å². The molecular formula is C18H22N4O3. The van der Waals surface area contributed by atoms with Crippen LogP contribution < -0.4 is 5.56 Å². The zero-order chi connectivity index (χ0) is 18.0. The topological polar surface area (TPSA) is 70.7 Å². The number of ether oxygens (including phenoxy) is 2. The highest BCUT2D eigenvalue weighted by atomic mass is 16.7. The van der Waals surface area contributed by atoms with Gasteiger partial charge in [-0.15, -0.1) is 0 Å². The molecule has 3 aromatic heterocycles. The van der Waals surface area contributed by atoms with E-state index in [1.807, 2.05) is 45.2 Å². The van der Waals surface area contributed by atoms with Crippen molar-refractivity contribution >= 4 is 5.52 Å². The molecule has 3 rings (SSSR count). The Morgan fingerprint density at radius 3 is 2.64 bits per heavy atom. The van der Waals surface area contributed by atoms with Gasteiger partial charge in [-0.2, -0.15) is 10.2 Å². The summed E-state index contributed by atoms with van der Waals surface area (Å²) in [6.45, 7) is 5.95. The first-order valence-corrected chi connectivity index (χ1v) is 8.21. The lowest BCUT2D eigenvalue weighted by molar-refractivity contribution is -0.0678. The smallest absolute Gasteiger partial charge is 0.267 e. The van der Waals surface area contributed by atoms with Gasteiger partial charge in [0.2, 0.25) is 0 Å². The second-order valence-corrected chi connectivity index (χ2v) is 6.10. The van der Waals surface area contributed by atoms with Gasteiger partial charge in [-0.25, -0.2) is 9.20 Å². The average molecular weight is 342 g/mol. The fourth-order valence-electron chi connectivity index (χ4n) is 2.74. The van der Waals surface area contributed by atoms with Crippen molar-refractivity contribution in [1.82, 2.24) is 19.4 Å². The lowest BCUT2D eigenvalue weighted by atomic mass is 10.1. The number of rotatable bonds is 6. The molecule has 0 saturated carbocycles. The molecule has 25 heavy (non-hydrogen) atoms. The van der Waals surface area contributed by atoms with E-state index in [1.54, 1.807) is 23.8 Å². The number of aromatic nitrogens is 4. The standard InChI is InChI=1S/C18H22N4O3/c1-12(2)22-16(23)9-8-14(19-22)17-15-7-5-6-10-21(15)20-18(17)13(3)25-11-24-4/h5-10,12-13H,11H2,1-4H3. The first-order chi connectivity index (χ1) is 12.0. The largest absolute Gasteiger partial charge is 0.359 e. The molecule has 0 aromatic carbocycles. The minimum absolute atomic E-state index is 0.0279. The molecule has 0 radical (unpaired) electrons. The summed E-state index contributed by atoms with van der Waals surface area (Å²) < 4.78 is 14.0. The van der Waals surface area contributed by atoms with Crippen LogP contribution in [0.1, 0.15) is 38.6 Å². The number of fused-ring (bicyclic) bond motifs is 1. The summed E-state index contributed by atoms with van der Waals surface area (Å²) in [7, 11) is 1.58. The Labute approximate surface area is 145 Å². The number of pyridine rings is 1. The van der Waals surface area contributed by atoms with Crippen LogP contribution in [-0.4, -0.2) is 33.3 Å². The predicted molar refractivity (Wildman–Crippen MR) is 94.4 cm³/mol. The molecule has 132 valence electrons. The Bertz CT molecular complexity index is 929. The lowest BCUT2D eigenvalue weighted by Crippen LogP contribution is -2.24. The van der Waals surface area contributed by atoms with E-state index in [2.05, 4.69) is 10.2 Å². The van der Waals surface area contributed by atoms with Crippen molar-refractivity contribution in [3.8, 4) is 11.3 Å². The van der Waals surface area contributed by atoms with Gasteiger partial charge in [-0.05, 0) is 39.0 Å². The first-order valence-electron chi connectivity index (χ1n) is 8.21. The summed E-state index contributed by atoms with van der Waals surface area (Å²) in [5, 5.41) is 9.20. The van der Waals surface area contributed by atoms with Crippen molar-refractivity contribution in [2.75, 3.05) is 13.9 Å². The Balaban J connectivity index is 2.20. The molecule has 0 saturated heterocycles. The molecular weight excluding hydrogens is 320 g/mol. The molecule has 3 heterocycles. The molecule has 0 aliphatic rings. The average Bonchev–Trinajstić information content (AvgIpc) is 2.99. The van der Waals surface area contributed by atoms with Crippen molar-refractivity contribution in [3.05, 3.63) is 52.6 Å². The summed E-state index contributed by atoms with van der Waals surface area (Å²) in [6.07, 6.45) is 1.60. The maximum atomic E-state index is 12.0. The zero-order valence-electron chi connectivity index (χ0n) is 14.8. The maximum Gasteiger partial charge on any atom is 0.267 e. The fourth-order valence-corrected chi connectivity index (χ4v) is 2.74. The van der Waals surface area contributed by atoms with Crippen molar-refractivity contribution in [2.24, 2.45) is 0 Å². The highest BCUT2D eigenvalue weighted by molar-refractivity contribution is 5.80. The molecule has 0 aliphatic heterocycles. The van der Waals surface area contributed by atoms with Gasteiger partial charge in [0.15, 0.2) is 0 Å². The summed E-state index contributed by atoms with van der Waals surface area (Å²) in [5.41, 5.74) is 3.09. The summed E-state index contributed by atoms with van der Waals surface area (Å²) in [4.78, 5) is 12.0. The zero-order valence-corrected chi connectivity index (χ0v) is 14.8. The van der Waals surface area contributed by atoms with Crippen LogP contribution in [0.5, 0.6) is 0 Å². The number of nitrogens with zero attached hydrogens (tertiary/aromatic N) is 4. The second kappa shape index (κ2) is 7.16. The van der Waals surface area contributed by atoms with Crippen LogP contribution in [0, 0.1) is 0 Å². The van der Waals surface area contributed by atoms with Crippen LogP contribution in [0.25, 0.3) is 16.8 Å². The highest BCUT2D eigenvalue weighted by Gasteiger charge is 2.22. The van der Waals surface area contributed by atoms with Crippen LogP contribution >= 0.6 is 0 Å². The molecule has 0 spiro atoms. The number of hydrogen-bond donors (Lipinski definition) is 0. The van der Waals surface area contributed by atoms with E-state index < -0.39 is 0 Å². The third-order valence-electron chi connectivity index (χ3n) is 3.96. The van der Waals surface area contributed by atoms with Crippen LogP contribution in [0.2, 0.25) is 0 Å². The van der Waals surface area contributed by atoms with Crippen molar-refractivity contribution < 1.29 is 9.47 Å². The van der Waals surface area contributed by atoms with E-state index in [0.717, 1.165) is 16.8 Å². The van der Waals surface area contributed by atoms with E-state index in [1.165, 1.54) is 4.68 Å². The van der Waals surface area contributed by atoms with Gasteiger partial charge in [0, 0.05) is 19.4 Å². The van der Waals surface area contributed by atoms with Gasteiger partial charge in [0.1, 0.15) is 18.6 Å². The molecule has 7 nitrogen and oxygen atoms in total. The van der Waals surface area contributed by atoms with Crippen molar-refractivity contribution in [3.63, 3.8) is 0 Å². The van der Waals surface area contributed by atoms with E-state index in [4.69, 9.17) is 9.47 Å².